The zero-order valence-corrected chi connectivity index (χ0v) is 9.26. The smallest absolute Gasteiger partial charge is 0.265 e. The van der Waals surface area contributed by atoms with E-state index in [1.807, 2.05) is 6.07 Å². The van der Waals surface area contributed by atoms with Crippen LogP contribution in [0.2, 0.25) is 0 Å². The van der Waals surface area contributed by atoms with Gasteiger partial charge in [-0.25, -0.2) is 8.78 Å². The Bertz CT molecular complexity index is 401. The minimum atomic E-state index is -2.61. The number of aromatic nitrogens is 1. The van der Waals surface area contributed by atoms with Crippen LogP contribution in [0.1, 0.15) is 23.4 Å². The van der Waals surface area contributed by atoms with Crippen LogP contribution in [0, 0.1) is 11.3 Å². The van der Waals surface area contributed by atoms with Gasteiger partial charge in [0.25, 0.3) is 6.43 Å². The molecule has 3 nitrogen and oxygen atoms in total. The molecule has 0 aliphatic carbocycles. The van der Waals surface area contributed by atoms with Gasteiger partial charge in [-0.2, -0.15) is 5.26 Å². The van der Waals surface area contributed by atoms with E-state index < -0.39 is 6.43 Å². The number of rotatable bonds is 3. The molecule has 0 spiro atoms. The van der Waals surface area contributed by atoms with Gasteiger partial charge in [0.05, 0.1) is 23.9 Å². The molecule has 0 fully saturated rings. The SMILES string of the molecule is N#CCc1nc(CN)c(C(F)F)cc1Br. The third-order valence-corrected chi connectivity index (χ3v) is 2.52. The molecule has 2 N–H and O–H groups in total. The Balaban J connectivity index is 3.24. The third-order valence-electron chi connectivity index (χ3n) is 1.84. The summed E-state index contributed by atoms with van der Waals surface area (Å²) in [5.41, 5.74) is 5.69. The van der Waals surface area contributed by atoms with E-state index in [2.05, 4.69) is 20.9 Å². The molecule has 6 heteroatoms. The first-order valence-electron chi connectivity index (χ1n) is 4.13. The maximum absolute atomic E-state index is 12.5. The molecule has 0 radical (unpaired) electrons. The van der Waals surface area contributed by atoms with Gasteiger partial charge in [0.1, 0.15) is 0 Å². The summed E-state index contributed by atoms with van der Waals surface area (Å²) >= 11 is 3.09. The van der Waals surface area contributed by atoms with E-state index in [0.717, 1.165) is 0 Å². The molecule has 0 unspecified atom stereocenters. The number of hydrogen-bond acceptors (Lipinski definition) is 3. The van der Waals surface area contributed by atoms with Crippen LogP contribution in [0.5, 0.6) is 0 Å². The molecule has 15 heavy (non-hydrogen) atoms. The Morgan fingerprint density at radius 1 is 1.53 bits per heavy atom. The molecule has 1 heterocycles. The number of halogens is 3. The highest BCUT2D eigenvalue weighted by Crippen LogP contribution is 2.27. The fourth-order valence-corrected chi connectivity index (χ4v) is 1.61. The van der Waals surface area contributed by atoms with E-state index in [-0.39, 0.29) is 24.2 Å². The van der Waals surface area contributed by atoms with Crippen molar-refractivity contribution < 1.29 is 8.78 Å². The second-order valence-electron chi connectivity index (χ2n) is 2.79. The lowest BCUT2D eigenvalue weighted by atomic mass is 10.1. The summed E-state index contributed by atoms with van der Waals surface area (Å²) < 4.78 is 25.5. The first-order chi connectivity index (χ1) is 7.10. The van der Waals surface area contributed by atoms with Gasteiger partial charge in [0.2, 0.25) is 0 Å². The number of hydrogen-bond donors (Lipinski definition) is 1. The largest absolute Gasteiger partial charge is 0.325 e. The highest BCUT2D eigenvalue weighted by molar-refractivity contribution is 9.10. The molecule has 0 aromatic carbocycles. The van der Waals surface area contributed by atoms with Crippen molar-refractivity contribution in [3.8, 4) is 6.07 Å². The van der Waals surface area contributed by atoms with Crippen LogP contribution in [0.25, 0.3) is 0 Å². The quantitative estimate of drug-likeness (QED) is 0.921. The maximum atomic E-state index is 12.5. The lowest BCUT2D eigenvalue weighted by Crippen LogP contribution is -2.08. The van der Waals surface area contributed by atoms with Gasteiger partial charge in [-0.15, -0.1) is 0 Å². The van der Waals surface area contributed by atoms with E-state index in [1.165, 1.54) is 6.07 Å². The highest BCUT2D eigenvalue weighted by atomic mass is 79.9. The van der Waals surface area contributed by atoms with Gasteiger partial charge in [0.15, 0.2) is 0 Å². The van der Waals surface area contributed by atoms with Crippen molar-refractivity contribution >= 4 is 15.9 Å². The van der Waals surface area contributed by atoms with Crippen LogP contribution in [0.3, 0.4) is 0 Å². The van der Waals surface area contributed by atoms with Gasteiger partial charge >= 0.3 is 0 Å². The van der Waals surface area contributed by atoms with Crippen molar-refractivity contribution in [3.63, 3.8) is 0 Å². The van der Waals surface area contributed by atoms with Crippen molar-refractivity contribution in [2.75, 3.05) is 0 Å². The fourth-order valence-electron chi connectivity index (χ4n) is 1.14. The predicted octanol–water partition coefficient (Wildman–Crippen LogP) is 2.31. The Labute approximate surface area is 94.0 Å². The normalized spacial score (nSPS) is 10.4. The minimum absolute atomic E-state index is 0.0641. The van der Waals surface area contributed by atoms with Gasteiger partial charge in [0, 0.05) is 16.6 Å². The summed E-state index contributed by atoms with van der Waals surface area (Å²) in [5, 5.41) is 8.50. The maximum Gasteiger partial charge on any atom is 0.265 e. The summed E-state index contributed by atoms with van der Waals surface area (Å²) in [6.45, 7) is -0.0641. The van der Waals surface area contributed by atoms with Crippen LogP contribution in [-0.2, 0) is 13.0 Å². The number of pyridine rings is 1. The zero-order valence-electron chi connectivity index (χ0n) is 7.67. The van der Waals surface area contributed by atoms with Crippen LogP contribution in [0.4, 0.5) is 8.78 Å². The molecule has 0 saturated carbocycles. The van der Waals surface area contributed by atoms with Crippen molar-refractivity contribution in [3.05, 3.63) is 27.5 Å². The second-order valence-corrected chi connectivity index (χ2v) is 3.65. The van der Waals surface area contributed by atoms with Gasteiger partial charge in [-0.05, 0) is 22.0 Å². The van der Waals surface area contributed by atoms with Crippen LogP contribution < -0.4 is 5.73 Å². The molecule has 0 bridgehead atoms. The molecule has 0 aliphatic rings. The summed E-state index contributed by atoms with van der Waals surface area (Å²) in [6, 6.07) is 3.17. The highest BCUT2D eigenvalue weighted by Gasteiger charge is 2.16. The second kappa shape index (κ2) is 5.14. The molecule has 80 valence electrons. The Kier molecular flexibility index (Phi) is 4.12. The van der Waals surface area contributed by atoms with Crippen molar-refractivity contribution in [2.45, 2.75) is 19.4 Å². The van der Waals surface area contributed by atoms with Gasteiger partial charge < -0.3 is 5.73 Å². The molecule has 1 rings (SSSR count). The third kappa shape index (κ3) is 2.70. The molecule has 1 aromatic rings. The number of alkyl halides is 2. The van der Waals surface area contributed by atoms with Crippen molar-refractivity contribution in [1.29, 1.82) is 5.26 Å². The number of nitriles is 1. The molecular weight excluding hydrogens is 268 g/mol. The minimum Gasteiger partial charge on any atom is -0.325 e. The molecular formula is C9H8BrF2N3. The summed E-state index contributed by atoms with van der Waals surface area (Å²) in [6.07, 6.45) is -2.54. The van der Waals surface area contributed by atoms with E-state index in [1.54, 1.807) is 0 Å². The molecule has 0 atom stereocenters. The molecule has 0 saturated heterocycles. The molecule has 0 aliphatic heterocycles. The van der Waals surface area contributed by atoms with E-state index in [0.29, 0.717) is 10.2 Å². The first-order valence-corrected chi connectivity index (χ1v) is 4.92. The Hall–Kier alpha value is -1.06. The first kappa shape index (κ1) is 12.0. The van der Waals surface area contributed by atoms with E-state index in [9.17, 15) is 8.78 Å². The monoisotopic (exact) mass is 275 g/mol. The summed E-state index contributed by atoms with van der Waals surface area (Å²) in [7, 11) is 0. The Morgan fingerprint density at radius 3 is 2.67 bits per heavy atom. The lowest BCUT2D eigenvalue weighted by Gasteiger charge is -2.09. The van der Waals surface area contributed by atoms with E-state index >= 15 is 0 Å². The lowest BCUT2D eigenvalue weighted by molar-refractivity contribution is 0.149. The van der Waals surface area contributed by atoms with Gasteiger partial charge in [-0.1, -0.05) is 0 Å². The standard InChI is InChI=1S/C9H8BrF2N3/c10-6-3-5(9(11)12)8(4-14)15-7(6)1-2-13/h3,9H,1,4,14H2. The summed E-state index contributed by atoms with van der Waals surface area (Å²) in [5.74, 6) is 0. The average Bonchev–Trinajstić information content (AvgIpc) is 2.20. The predicted molar refractivity (Wildman–Crippen MR) is 54.1 cm³/mol. The number of nitrogens with zero attached hydrogens (tertiary/aromatic N) is 2. The van der Waals surface area contributed by atoms with Crippen molar-refractivity contribution in [1.82, 2.24) is 4.98 Å². The molecule has 0 amide bonds. The fraction of sp³-hybridized carbons (Fsp3) is 0.333. The van der Waals surface area contributed by atoms with Crippen molar-refractivity contribution in [2.24, 2.45) is 5.73 Å². The average molecular weight is 276 g/mol. The topological polar surface area (TPSA) is 62.7 Å². The van der Waals surface area contributed by atoms with Crippen LogP contribution >= 0.6 is 15.9 Å². The molecule has 1 aromatic heterocycles. The van der Waals surface area contributed by atoms with Gasteiger partial charge in [-0.3, -0.25) is 4.98 Å². The summed E-state index contributed by atoms with van der Waals surface area (Å²) in [4.78, 5) is 3.93. The number of nitrogens with two attached hydrogens (primary N) is 1. The van der Waals surface area contributed by atoms with Crippen LogP contribution in [-0.4, -0.2) is 4.98 Å². The Morgan fingerprint density at radius 2 is 2.20 bits per heavy atom. The van der Waals surface area contributed by atoms with Crippen LogP contribution in [0.15, 0.2) is 10.5 Å². The van der Waals surface area contributed by atoms with E-state index in [4.69, 9.17) is 11.0 Å². The zero-order chi connectivity index (χ0) is 11.4.